The second-order valence-corrected chi connectivity index (χ2v) is 6.65. The van der Waals surface area contributed by atoms with Gasteiger partial charge in [0.1, 0.15) is 24.3 Å². The molecule has 5 rings (SSSR count). The molecule has 1 atom stereocenters. The first-order valence-corrected chi connectivity index (χ1v) is 8.91. The largest absolute Gasteiger partial charge is 0.488 e. The molecule has 0 bridgehead atoms. The first kappa shape index (κ1) is 15.8. The third-order valence-corrected chi connectivity index (χ3v) is 4.93. The van der Waals surface area contributed by atoms with E-state index in [2.05, 4.69) is 11.4 Å². The molecule has 2 aromatic carbocycles. The minimum absolute atomic E-state index is 0.0227. The lowest BCUT2D eigenvalue weighted by Crippen LogP contribution is -2.50. The number of para-hydroxylation sites is 2. The average Bonchev–Trinajstić information content (AvgIpc) is 3.23. The summed E-state index contributed by atoms with van der Waals surface area (Å²) in [6.45, 7) is 0.815. The summed E-state index contributed by atoms with van der Waals surface area (Å²) >= 11 is 0. The number of carbonyl (C=O) groups is 1. The number of ether oxygens (including phenoxy) is 1. The summed E-state index contributed by atoms with van der Waals surface area (Å²) in [4.78, 5) is 15.0. The van der Waals surface area contributed by atoms with Gasteiger partial charge in [-0.2, -0.15) is 0 Å². The number of nitrogens with zero attached hydrogens (tertiary/aromatic N) is 1. The number of amides is 1. The molecule has 1 N–H and O–H groups in total. The Balaban J connectivity index is 1.56. The molecule has 0 saturated carbocycles. The molecular formula is C22H18N2O3. The molecule has 134 valence electrons. The fourth-order valence-corrected chi connectivity index (χ4v) is 3.61. The van der Waals surface area contributed by atoms with Crippen molar-refractivity contribution in [2.24, 2.45) is 0 Å². The van der Waals surface area contributed by atoms with E-state index >= 15 is 0 Å². The Labute approximate surface area is 156 Å². The van der Waals surface area contributed by atoms with Crippen LogP contribution >= 0.6 is 0 Å². The van der Waals surface area contributed by atoms with E-state index in [-0.39, 0.29) is 12.1 Å². The number of benzene rings is 2. The van der Waals surface area contributed by atoms with Gasteiger partial charge in [0.25, 0.3) is 5.91 Å². The Hall–Kier alpha value is -3.47. The summed E-state index contributed by atoms with van der Waals surface area (Å²) in [7, 11) is 0. The van der Waals surface area contributed by atoms with E-state index in [4.69, 9.17) is 9.15 Å². The van der Waals surface area contributed by atoms with E-state index in [0.29, 0.717) is 18.7 Å². The van der Waals surface area contributed by atoms with Crippen molar-refractivity contribution in [2.75, 3.05) is 11.9 Å². The molecule has 0 fully saturated rings. The topological polar surface area (TPSA) is 54.7 Å². The zero-order valence-corrected chi connectivity index (χ0v) is 14.6. The van der Waals surface area contributed by atoms with E-state index in [0.717, 1.165) is 28.3 Å². The van der Waals surface area contributed by atoms with Gasteiger partial charge in [0, 0.05) is 16.8 Å². The van der Waals surface area contributed by atoms with E-state index < -0.39 is 0 Å². The van der Waals surface area contributed by atoms with Crippen LogP contribution < -0.4 is 10.1 Å². The van der Waals surface area contributed by atoms with Crippen LogP contribution in [0.15, 0.2) is 76.9 Å². The van der Waals surface area contributed by atoms with Crippen LogP contribution in [-0.4, -0.2) is 23.6 Å². The summed E-state index contributed by atoms with van der Waals surface area (Å²) in [6.07, 6.45) is 3.43. The first-order valence-electron chi connectivity index (χ1n) is 8.91. The Morgan fingerprint density at radius 2 is 1.89 bits per heavy atom. The van der Waals surface area contributed by atoms with Crippen LogP contribution in [0.5, 0.6) is 5.75 Å². The Morgan fingerprint density at radius 1 is 1.04 bits per heavy atom. The molecule has 0 unspecified atom stereocenters. The molecule has 1 aromatic heterocycles. The van der Waals surface area contributed by atoms with Crippen molar-refractivity contribution in [2.45, 2.75) is 12.7 Å². The van der Waals surface area contributed by atoms with Crippen molar-refractivity contribution in [1.29, 1.82) is 0 Å². The zero-order valence-electron chi connectivity index (χ0n) is 14.6. The van der Waals surface area contributed by atoms with Gasteiger partial charge in [-0.05, 0) is 36.4 Å². The van der Waals surface area contributed by atoms with E-state index in [1.165, 1.54) is 0 Å². The second kappa shape index (κ2) is 6.36. The predicted octanol–water partition coefficient (Wildman–Crippen LogP) is 4.15. The molecule has 27 heavy (non-hydrogen) atoms. The van der Waals surface area contributed by atoms with Crippen molar-refractivity contribution in [3.8, 4) is 5.75 Å². The number of hydrogen-bond donors (Lipinski definition) is 1. The molecule has 0 saturated heterocycles. The molecule has 0 radical (unpaired) electrons. The lowest BCUT2D eigenvalue weighted by molar-refractivity contribution is 0.0674. The predicted molar refractivity (Wildman–Crippen MR) is 102 cm³/mol. The fourth-order valence-electron chi connectivity index (χ4n) is 3.61. The smallest absolute Gasteiger partial charge is 0.258 e. The van der Waals surface area contributed by atoms with Crippen LogP contribution in [0.3, 0.4) is 0 Å². The first-order chi connectivity index (χ1) is 13.3. The van der Waals surface area contributed by atoms with Crippen LogP contribution in [0.4, 0.5) is 5.69 Å². The van der Waals surface area contributed by atoms with Crippen molar-refractivity contribution in [3.05, 3.63) is 89.4 Å². The normalized spacial score (nSPS) is 18.1. The lowest BCUT2D eigenvalue weighted by atomic mass is 10.00. The van der Waals surface area contributed by atoms with Gasteiger partial charge in [0.2, 0.25) is 0 Å². The van der Waals surface area contributed by atoms with Gasteiger partial charge in [-0.25, -0.2) is 0 Å². The molecule has 0 spiro atoms. The quantitative estimate of drug-likeness (QED) is 0.764. The number of nitrogens with one attached hydrogen (secondary N) is 1. The highest BCUT2D eigenvalue weighted by Gasteiger charge is 2.35. The minimum Gasteiger partial charge on any atom is -0.488 e. The van der Waals surface area contributed by atoms with Crippen LogP contribution in [0, 0.1) is 0 Å². The van der Waals surface area contributed by atoms with Crippen molar-refractivity contribution >= 4 is 17.7 Å². The fraction of sp³-hybridized carbons (Fsp3) is 0.136. The summed E-state index contributed by atoms with van der Waals surface area (Å²) in [6, 6.07) is 19.2. The van der Waals surface area contributed by atoms with Crippen LogP contribution in [0.2, 0.25) is 0 Å². The minimum atomic E-state index is -0.300. The number of furan rings is 1. The molecule has 3 heterocycles. The third kappa shape index (κ3) is 2.77. The molecule has 2 aliphatic heterocycles. The van der Waals surface area contributed by atoms with Gasteiger partial charge in [-0.3, -0.25) is 4.79 Å². The maximum absolute atomic E-state index is 13.2. The Kier molecular flexibility index (Phi) is 3.71. The Bertz CT molecular complexity index is 1020. The molecule has 0 aliphatic carbocycles. The molecule has 5 heteroatoms. The highest BCUT2D eigenvalue weighted by atomic mass is 16.5. The van der Waals surface area contributed by atoms with Gasteiger partial charge in [0.15, 0.2) is 0 Å². The van der Waals surface area contributed by atoms with E-state index in [1.807, 2.05) is 60.7 Å². The summed E-state index contributed by atoms with van der Waals surface area (Å²) in [5, 5.41) is 3.51. The van der Waals surface area contributed by atoms with Crippen molar-refractivity contribution in [3.63, 3.8) is 0 Å². The van der Waals surface area contributed by atoms with Gasteiger partial charge in [-0.1, -0.05) is 30.3 Å². The number of anilines is 1. The summed E-state index contributed by atoms with van der Waals surface area (Å²) in [5.41, 5.74) is 3.52. The highest BCUT2D eigenvalue weighted by Crippen LogP contribution is 2.33. The van der Waals surface area contributed by atoms with Crippen molar-refractivity contribution < 1.29 is 13.9 Å². The van der Waals surface area contributed by atoms with Crippen LogP contribution in [0.25, 0.3) is 6.08 Å². The number of hydrogen-bond acceptors (Lipinski definition) is 4. The SMILES string of the molecule is O=C1c2ccccc2N[C@H](C2=Cc3ccccc3OC2)N1Cc1ccco1. The summed E-state index contributed by atoms with van der Waals surface area (Å²) in [5.74, 6) is 1.58. The van der Waals surface area contributed by atoms with E-state index in [1.54, 1.807) is 11.2 Å². The van der Waals surface area contributed by atoms with E-state index in [9.17, 15) is 4.79 Å². The van der Waals surface area contributed by atoms with Crippen LogP contribution in [-0.2, 0) is 6.54 Å². The highest BCUT2D eigenvalue weighted by molar-refractivity contribution is 6.02. The van der Waals surface area contributed by atoms with Crippen molar-refractivity contribution in [1.82, 2.24) is 4.90 Å². The maximum Gasteiger partial charge on any atom is 0.258 e. The molecule has 1 amide bonds. The number of rotatable bonds is 3. The maximum atomic E-state index is 13.2. The molecule has 3 aromatic rings. The third-order valence-electron chi connectivity index (χ3n) is 4.93. The standard InChI is InChI=1S/C22H18N2O3/c25-22-18-8-2-3-9-19(18)23-21(24(22)13-17-7-5-11-26-17)16-12-15-6-1-4-10-20(15)27-14-16/h1-12,21,23H,13-14H2/t21-/m0/s1. The monoisotopic (exact) mass is 358 g/mol. The zero-order chi connectivity index (χ0) is 18.2. The molecule has 5 nitrogen and oxygen atoms in total. The number of carbonyl (C=O) groups excluding carboxylic acids is 1. The summed E-state index contributed by atoms with van der Waals surface area (Å²) < 4.78 is 11.4. The average molecular weight is 358 g/mol. The van der Waals surface area contributed by atoms with Gasteiger partial charge < -0.3 is 19.4 Å². The Morgan fingerprint density at radius 3 is 2.78 bits per heavy atom. The van der Waals surface area contributed by atoms with Gasteiger partial charge in [-0.15, -0.1) is 0 Å². The van der Waals surface area contributed by atoms with Gasteiger partial charge >= 0.3 is 0 Å². The number of fused-ring (bicyclic) bond motifs is 2. The van der Waals surface area contributed by atoms with Gasteiger partial charge in [0.05, 0.1) is 18.4 Å². The molecule has 2 aliphatic rings. The lowest BCUT2D eigenvalue weighted by Gasteiger charge is -2.39. The van der Waals surface area contributed by atoms with Crippen LogP contribution in [0.1, 0.15) is 21.7 Å². The molecular weight excluding hydrogens is 340 g/mol. The second-order valence-electron chi connectivity index (χ2n) is 6.65.